The molecule has 0 N–H and O–H groups in total. The van der Waals surface area contributed by atoms with Gasteiger partial charge in [-0.05, 0) is 47.0 Å². The van der Waals surface area contributed by atoms with Crippen molar-refractivity contribution in [3.63, 3.8) is 0 Å². The minimum Gasteiger partial charge on any atom is -0.246 e. The molecule has 0 spiro atoms. The molecule has 1 nitrogen and oxygen atoms in total. The van der Waals surface area contributed by atoms with Crippen LogP contribution in [0.1, 0.15) is 16.8 Å². The summed E-state index contributed by atoms with van der Waals surface area (Å²) in [4.78, 5) is 4.05. The fourth-order valence-corrected chi connectivity index (χ4v) is 1.18. The first kappa shape index (κ1) is 7.73. The molecule has 0 aromatic carbocycles. The SMILES string of the molecule is [CH]c1cc(Br)nc(C)c1[CH]. The summed E-state index contributed by atoms with van der Waals surface area (Å²) < 4.78 is 0.719. The largest absolute Gasteiger partial charge is 0.246 e. The van der Waals surface area contributed by atoms with Crippen LogP contribution in [0, 0.1) is 20.8 Å². The van der Waals surface area contributed by atoms with Crippen molar-refractivity contribution in [2.75, 3.05) is 0 Å². The molecule has 1 heterocycles. The Labute approximate surface area is 69.6 Å². The smallest absolute Gasteiger partial charge is 0.106 e. The first-order valence-corrected chi connectivity index (χ1v) is 3.58. The maximum Gasteiger partial charge on any atom is 0.106 e. The Kier molecular flexibility index (Phi) is 2.09. The van der Waals surface area contributed by atoms with Crippen LogP contribution in [-0.2, 0) is 0 Å². The van der Waals surface area contributed by atoms with Gasteiger partial charge in [0.2, 0.25) is 0 Å². The lowest BCUT2D eigenvalue weighted by atomic mass is 10.1. The van der Waals surface area contributed by atoms with Crippen molar-refractivity contribution >= 4 is 15.9 Å². The summed E-state index contributed by atoms with van der Waals surface area (Å²) in [5, 5.41) is 0. The molecule has 2 heteroatoms. The van der Waals surface area contributed by atoms with E-state index in [-0.39, 0.29) is 0 Å². The molecular weight excluding hydrogens is 190 g/mol. The van der Waals surface area contributed by atoms with Gasteiger partial charge in [0, 0.05) is 12.6 Å². The third kappa shape index (κ3) is 1.37. The number of hydrogen-bond acceptors (Lipinski definition) is 1. The minimum absolute atomic E-state index is 0.559. The summed E-state index contributed by atoms with van der Waals surface area (Å²) in [6.45, 7) is 12.9. The fraction of sp³-hybridized carbons (Fsp3) is 0.125. The number of pyridine rings is 1. The molecule has 1 aromatic heterocycles. The van der Waals surface area contributed by atoms with Crippen molar-refractivity contribution < 1.29 is 0 Å². The standard InChI is InChI=1S/C8H6BrN/c1-5-4-8(9)10-7(3)6(5)2/h1-2,4H,3H3. The van der Waals surface area contributed by atoms with Crippen molar-refractivity contribution in [3.8, 4) is 0 Å². The van der Waals surface area contributed by atoms with Gasteiger partial charge in [-0.2, -0.15) is 0 Å². The Morgan fingerprint density at radius 1 is 1.50 bits per heavy atom. The Hall–Kier alpha value is -0.370. The van der Waals surface area contributed by atoms with E-state index in [4.69, 9.17) is 13.8 Å². The second kappa shape index (κ2) is 2.70. The van der Waals surface area contributed by atoms with Crippen LogP contribution < -0.4 is 0 Å². The quantitative estimate of drug-likeness (QED) is 0.580. The number of aryl methyl sites for hydroxylation is 1. The van der Waals surface area contributed by atoms with Crippen LogP contribution in [0.4, 0.5) is 0 Å². The van der Waals surface area contributed by atoms with E-state index in [0.717, 1.165) is 10.3 Å². The van der Waals surface area contributed by atoms with E-state index in [9.17, 15) is 0 Å². The van der Waals surface area contributed by atoms with Gasteiger partial charge < -0.3 is 0 Å². The van der Waals surface area contributed by atoms with Gasteiger partial charge in [-0.15, -0.1) is 0 Å². The Morgan fingerprint density at radius 3 is 2.60 bits per heavy atom. The van der Waals surface area contributed by atoms with Crippen LogP contribution in [-0.4, -0.2) is 4.98 Å². The van der Waals surface area contributed by atoms with E-state index in [1.807, 2.05) is 6.92 Å². The topological polar surface area (TPSA) is 12.9 Å². The van der Waals surface area contributed by atoms with Crippen LogP contribution in [0.25, 0.3) is 0 Å². The third-order valence-electron chi connectivity index (χ3n) is 1.25. The molecule has 1 aromatic rings. The Balaban J connectivity index is 3.31. The Morgan fingerprint density at radius 2 is 2.10 bits per heavy atom. The maximum absolute atomic E-state index is 5.54. The summed E-state index contributed by atoms with van der Waals surface area (Å²) in [6, 6.07) is 1.68. The average molecular weight is 196 g/mol. The zero-order valence-corrected chi connectivity index (χ0v) is 7.14. The van der Waals surface area contributed by atoms with E-state index in [1.165, 1.54) is 0 Å². The van der Waals surface area contributed by atoms with Crippen LogP contribution in [0.5, 0.6) is 0 Å². The van der Waals surface area contributed by atoms with E-state index >= 15 is 0 Å². The van der Waals surface area contributed by atoms with Crippen molar-refractivity contribution in [2.24, 2.45) is 0 Å². The van der Waals surface area contributed by atoms with Gasteiger partial charge in [0.25, 0.3) is 0 Å². The van der Waals surface area contributed by atoms with Crippen LogP contribution >= 0.6 is 15.9 Å². The average Bonchev–Trinajstić information content (AvgIpc) is 1.82. The fourth-order valence-electron chi connectivity index (χ4n) is 0.668. The lowest BCUT2D eigenvalue weighted by Crippen LogP contribution is -1.90. The molecule has 0 aliphatic heterocycles. The molecule has 0 amide bonds. The number of nitrogens with zero attached hydrogens (tertiary/aromatic N) is 1. The molecule has 0 aliphatic carbocycles. The van der Waals surface area contributed by atoms with Gasteiger partial charge in [0.05, 0.1) is 0 Å². The normalized spacial score (nSPS) is 10.0. The highest BCUT2D eigenvalue weighted by Crippen LogP contribution is 2.14. The van der Waals surface area contributed by atoms with E-state index in [1.54, 1.807) is 6.07 Å². The highest BCUT2D eigenvalue weighted by Gasteiger charge is 1.99. The van der Waals surface area contributed by atoms with E-state index < -0.39 is 0 Å². The molecule has 0 atom stereocenters. The highest BCUT2D eigenvalue weighted by molar-refractivity contribution is 9.10. The lowest BCUT2D eigenvalue weighted by molar-refractivity contribution is 1.14. The Bertz CT molecular complexity index is 232. The molecule has 4 radical (unpaired) electrons. The second-order valence-corrected chi connectivity index (χ2v) is 2.85. The summed E-state index contributed by atoms with van der Waals surface area (Å²) in [5.41, 5.74) is 1.88. The molecule has 0 bridgehead atoms. The molecule has 0 aliphatic rings. The second-order valence-electron chi connectivity index (χ2n) is 2.03. The number of hydrogen-bond donors (Lipinski definition) is 0. The number of rotatable bonds is 0. The van der Waals surface area contributed by atoms with Gasteiger partial charge >= 0.3 is 0 Å². The summed E-state index contributed by atoms with van der Waals surface area (Å²) in [5.74, 6) is 0. The highest BCUT2D eigenvalue weighted by atomic mass is 79.9. The first-order chi connectivity index (χ1) is 4.61. The number of aromatic nitrogens is 1. The van der Waals surface area contributed by atoms with Gasteiger partial charge in [0.1, 0.15) is 4.60 Å². The first-order valence-electron chi connectivity index (χ1n) is 2.79. The van der Waals surface area contributed by atoms with Crippen LogP contribution in [0.2, 0.25) is 0 Å². The van der Waals surface area contributed by atoms with Crippen LogP contribution in [0.15, 0.2) is 10.7 Å². The third-order valence-corrected chi connectivity index (χ3v) is 1.66. The van der Waals surface area contributed by atoms with Crippen molar-refractivity contribution in [2.45, 2.75) is 6.92 Å². The van der Waals surface area contributed by atoms with E-state index in [2.05, 4.69) is 20.9 Å². The molecule has 0 saturated carbocycles. The molecule has 1 rings (SSSR count). The number of halogens is 1. The monoisotopic (exact) mass is 195 g/mol. The van der Waals surface area contributed by atoms with Gasteiger partial charge in [-0.25, -0.2) is 4.98 Å². The summed E-state index contributed by atoms with van der Waals surface area (Å²) in [6.07, 6.45) is 0. The predicted octanol–water partition coefficient (Wildman–Crippen LogP) is 2.27. The maximum atomic E-state index is 5.54. The van der Waals surface area contributed by atoms with Crippen molar-refractivity contribution in [1.82, 2.24) is 4.98 Å². The van der Waals surface area contributed by atoms with Crippen molar-refractivity contribution in [1.29, 1.82) is 0 Å². The van der Waals surface area contributed by atoms with Gasteiger partial charge in [-0.1, -0.05) is 0 Å². The van der Waals surface area contributed by atoms with Gasteiger partial charge in [0.15, 0.2) is 0 Å². The van der Waals surface area contributed by atoms with E-state index in [0.29, 0.717) is 11.1 Å². The summed E-state index contributed by atoms with van der Waals surface area (Å²) in [7, 11) is 0. The minimum atomic E-state index is 0.559. The molecule has 0 unspecified atom stereocenters. The molecule has 50 valence electrons. The molecule has 0 saturated heterocycles. The van der Waals surface area contributed by atoms with Crippen molar-refractivity contribution in [3.05, 3.63) is 41.3 Å². The molecular formula is C8H6BrN. The van der Waals surface area contributed by atoms with Crippen LogP contribution in [0.3, 0.4) is 0 Å². The zero-order valence-electron chi connectivity index (χ0n) is 5.56. The lowest BCUT2D eigenvalue weighted by Gasteiger charge is -2.02. The summed E-state index contributed by atoms with van der Waals surface area (Å²) >= 11 is 3.20. The van der Waals surface area contributed by atoms with Gasteiger partial charge in [-0.3, -0.25) is 0 Å². The predicted molar refractivity (Wildman–Crippen MR) is 43.5 cm³/mol. The molecule has 10 heavy (non-hydrogen) atoms. The molecule has 0 fully saturated rings. The zero-order chi connectivity index (χ0) is 7.72.